The minimum Gasteiger partial charge on any atom is -0.462 e. The molecule has 0 aromatic rings. The zero-order chi connectivity index (χ0) is 44.0. The fourth-order valence-corrected chi connectivity index (χ4v) is 10.5. The van der Waals surface area contributed by atoms with Crippen molar-refractivity contribution in [3.63, 3.8) is 0 Å². The van der Waals surface area contributed by atoms with Crippen LogP contribution in [0.1, 0.15) is 87.5 Å². The summed E-state index contributed by atoms with van der Waals surface area (Å²) in [4.78, 5) is 14.3. The third kappa shape index (κ3) is 9.58. The van der Waals surface area contributed by atoms with Crippen molar-refractivity contribution >= 4 is 5.97 Å². The Bertz CT molecular complexity index is 1710. The van der Waals surface area contributed by atoms with Gasteiger partial charge in [-0.05, 0) is 62.8 Å². The number of methoxy groups -OCH3 is 2. The number of nitrogens with two attached hydrogens (primary N) is 1. The molecule has 1 spiro atoms. The van der Waals surface area contributed by atoms with Gasteiger partial charge >= 0.3 is 5.97 Å². The van der Waals surface area contributed by atoms with Crippen molar-refractivity contribution in [3.8, 4) is 0 Å². The second kappa shape index (κ2) is 19.0. The van der Waals surface area contributed by atoms with E-state index in [0.717, 1.165) is 5.57 Å². The normalized spacial score (nSPS) is 49.3. The molecule has 7 aliphatic rings. The smallest absolute Gasteiger partial charge is 0.316 e. The van der Waals surface area contributed by atoms with E-state index in [4.69, 9.17) is 53.1 Å². The van der Waals surface area contributed by atoms with Gasteiger partial charge in [-0.3, -0.25) is 4.79 Å². The molecule has 1 unspecified atom stereocenters. The van der Waals surface area contributed by atoms with Gasteiger partial charge in [0, 0.05) is 51.7 Å². The van der Waals surface area contributed by atoms with Crippen LogP contribution in [0.4, 0.5) is 0 Å². The molecule has 4 fully saturated rings. The van der Waals surface area contributed by atoms with Gasteiger partial charge in [-0.15, -0.1) is 0 Å². The largest absolute Gasteiger partial charge is 0.462 e. The van der Waals surface area contributed by atoms with Crippen LogP contribution < -0.4 is 5.73 Å². The first kappa shape index (κ1) is 46.7. The van der Waals surface area contributed by atoms with Gasteiger partial charge in [0.2, 0.25) is 0 Å². The summed E-state index contributed by atoms with van der Waals surface area (Å²) in [5, 5.41) is 23.7. The number of hydrogen-bond donors (Lipinski definition) is 3. The molecule has 342 valence electrons. The summed E-state index contributed by atoms with van der Waals surface area (Å²) in [6.07, 6.45) is 9.21. The van der Waals surface area contributed by atoms with Crippen LogP contribution in [-0.4, -0.2) is 134 Å². The zero-order valence-corrected chi connectivity index (χ0v) is 37.6. The highest BCUT2D eigenvalue weighted by molar-refractivity contribution is 5.78. The fourth-order valence-electron chi connectivity index (χ4n) is 10.5. The van der Waals surface area contributed by atoms with Crippen LogP contribution >= 0.6 is 0 Å². The molecule has 0 saturated carbocycles. The average Bonchev–Trinajstić information content (AvgIpc) is 3.56. The van der Waals surface area contributed by atoms with Gasteiger partial charge in [0.25, 0.3) is 0 Å². The van der Waals surface area contributed by atoms with E-state index in [0.29, 0.717) is 43.3 Å². The summed E-state index contributed by atoms with van der Waals surface area (Å²) in [5.41, 5.74) is 6.48. The molecule has 0 radical (unpaired) electrons. The lowest BCUT2D eigenvalue weighted by atomic mass is 9.71. The number of carbonyl (C=O) groups excluding carboxylic acids is 1. The zero-order valence-electron chi connectivity index (χ0n) is 37.6. The van der Waals surface area contributed by atoms with Crippen LogP contribution in [0.25, 0.3) is 0 Å². The Hall–Kier alpha value is -2.31. The highest BCUT2D eigenvalue weighted by atomic mass is 16.7. The standard InChI is InChI=1S/C47H71NO13/c1-24(2)41-27(5)16-17-46(61-41)22-33-19-32(60-46)15-14-26(4)42(25(3)12-11-13-31-23-54-44-40(49)28(6)18-34(45(50)57-33)47(31,44)51)58-38-21-36(53-10)43(30(8)56-38)59-37-20-35(52-9)39(48)29(7)55-37/h11-14,16-18,24-25,27,29-30,32-44,49,51H,15,19-23,48H2,1-10H3/b12-11+,26-14+,31-13+/t25-,27-,29-,30-,32+,33-,34-,35-,36-,37-,38-,39+,40+,41+,42?,43-,44+,46+,47+/m0/s1. The maximum atomic E-state index is 14.3. The van der Waals surface area contributed by atoms with Crippen molar-refractivity contribution in [3.05, 3.63) is 59.3 Å². The minimum absolute atomic E-state index is 0.0375. The Morgan fingerprint density at radius 2 is 1.59 bits per heavy atom. The Morgan fingerprint density at radius 3 is 2.31 bits per heavy atom. The topological polar surface area (TPSA) is 176 Å². The van der Waals surface area contributed by atoms with Crippen LogP contribution in [-0.2, 0) is 52.2 Å². The molecular formula is C47H71NO13. The second-order valence-electron chi connectivity index (χ2n) is 18.9. The van der Waals surface area contributed by atoms with Crippen molar-refractivity contribution in [2.24, 2.45) is 29.4 Å². The maximum Gasteiger partial charge on any atom is 0.316 e. The Kier molecular flexibility index (Phi) is 14.6. The number of allylic oxidation sites excluding steroid dienone is 2. The average molecular weight is 858 g/mol. The summed E-state index contributed by atoms with van der Waals surface area (Å²) < 4.78 is 63.8. The van der Waals surface area contributed by atoms with Crippen molar-refractivity contribution < 1.29 is 62.4 Å². The Morgan fingerprint density at radius 1 is 0.885 bits per heavy atom. The second-order valence-corrected chi connectivity index (χ2v) is 18.9. The van der Waals surface area contributed by atoms with Gasteiger partial charge in [0.05, 0.1) is 55.4 Å². The van der Waals surface area contributed by atoms with Crippen LogP contribution in [0, 0.1) is 23.7 Å². The van der Waals surface area contributed by atoms with Crippen molar-refractivity contribution in [1.29, 1.82) is 0 Å². The summed E-state index contributed by atoms with van der Waals surface area (Å²) >= 11 is 0. The number of carbonyl (C=O) groups is 1. The molecule has 14 heteroatoms. The minimum atomic E-state index is -1.83. The van der Waals surface area contributed by atoms with Crippen LogP contribution in [0.5, 0.6) is 0 Å². The number of hydrogen-bond acceptors (Lipinski definition) is 14. The first-order chi connectivity index (χ1) is 29.0. The molecule has 2 bridgehead atoms. The van der Waals surface area contributed by atoms with E-state index in [2.05, 4.69) is 39.8 Å². The number of ether oxygens (including phenoxy) is 10. The molecule has 6 aliphatic heterocycles. The highest BCUT2D eigenvalue weighted by Gasteiger charge is 2.60. The van der Waals surface area contributed by atoms with Crippen LogP contribution in [0.2, 0.25) is 0 Å². The fraction of sp³-hybridized carbons (Fsp3) is 0.766. The number of esters is 1. The van der Waals surface area contributed by atoms with Crippen molar-refractivity contribution in [1.82, 2.24) is 0 Å². The monoisotopic (exact) mass is 857 g/mol. The third-order valence-corrected chi connectivity index (χ3v) is 14.1. The number of fused-ring (bicyclic) bond motifs is 2. The van der Waals surface area contributed by atoms with E-state index in [1.165, 1.54) is 0 Å². The van der Waals surface area contributed by atoms with Gasteiger partial charge in [-0.1, -0.05) is 64.2 Å². The molecule has 61 heavy (non-hydrogen) atoms. The van der Waals surface area contributed by atoms with Gasteiger partial charge in [-0.25, -0.2) is 0 Å². The summed E-state index contributed by atoms with van der Waals surface area (Å²) in [6.45, 7) is 16.2. The summed E-state index contributed by atoms with van der Waals surface area (Å²) in [6, 6.07) is -0.256. The van der Waals surface area contributed by atoms with Gasteiger partial charge in [0.1, 0.15) is 35.9 Å². The lowest BCUT2D eigenvalue weighted by Crippen LogP contribution is -2.58. The van der Waals surface area contributed by atoms with Crippen LogP contribution in [0.15, 0.2) is 59.3 Å². The van der Waals surface area contributed by atoms with Crippen molar-refractivity contribution in [2.75, 3.05) is 20.8 Å². The van der Waals surface area contributed by atoms with E-state index in [1.54, 1.807) is 33.3 Å². The van der Waals surface area contributed by atoms with Crippen molar-refractivity contribution in [2.45, 2.75) is 185 Å². The van der Waals surface area contributed by atoms with E-state index in [1.807, 2.05) is 39.0 Å². The number of rotatable bonds is 7. The maximum absolute atomic E-state index is 14.3. The molecule has 6 heterocycles. The van der Waals surface area contributed by atoms with E-state index in [9.17, 15) is 15.0 Å². The summed E-state index contributed by atoms with van der Waals surface area (Å²) in [7, 11) is 3.32. The van der Waals surface area contributed by atoms with Gasteiger partial charge in [-0.2, -0.15) is 0 Å². The highest BCUT2D eigenvalue weighted by Crippen LogP contribution is 2.47. The molecule has 7 rings (SSSR count). The molecule has 4 saturated heterocycles. The molecule has 19 atom stereocenters. The lowest BCUT2D eigenvalue weighted by Gasteiger charge is -2.48. The first-order valence-electron chi connectivity index (χ1n) is 22.4. The Balaban J connectivity index is 1.18. The molecule has 4 N–H and O–H groups in total. The first-order valence-corrected chi connectivity index (χ1v) is 22.4. The van der Waals surface area contributed by atoms with E-state index >= 15 is 0 Å². The summed E-state index contributed by atoms with van der Waals surface area (Å²) in [5.74, 6) is -2.58. The number of aliphatic hydroxyl groups excluding tert-OH is 1. The lowest BCUT2D eigenvalue weighted by molar-refractivity contribution is -0.311. The predicted octanol–water partition coefficient (Wildman–Crippen LogP) is 4.95. The van der Waals surface area contributed by atoms with Gasteiger partial charge < -0.3 is 63.3 Å². The van der Waals surface area contributed by atoms with Gasteiger partial charge in [0.15, 0.2) is 18.4 Å². The quantitative estimate of drug-likeness (QED) is 0.232. The molecule has 0 aromatic carbocycles. The van der Waals surface area contributed by atoms with E-state index < -0.39 is 72.5 Å². The molecule has 14 nitrogen and oxygen atoms in total. The third-order valence-electron chi connectivity index (χ3n) is 14.1. The molecule has 0 aromatic heterocycles. The Labute approximate surface area is 361 Å². The SMILES string of the molecule is CO[C@H]1C[C@H](O[C@H]2[C@H](C)O[C@@H](OC3/C(C)=C/C[C@@H]4C[C@@H](C[C@]5(C=C[C@H](C)[C@@H](C(C)C)O5)O4)OC(=O)[C@@H]4C=C(C)[C@@H](O)[C@H]5OC/C(=C\C=C\[C@@H]3C)[C@]54O)C[C@@H]2OC)O[C@@H](C)[C@H]1N. The molecular weight excluding hydrogens is 787 g/mol. The number of aliphatic hydroxyl groups is 2. The molecule has 0 amide bonds. The predicted molar refractivity (Wildman–Crippen MR) is 225 cm³/mol. The molecule has 1 aliphatic carbocycles. The van der Waals surface area contributed by atoms with E-state index in [-0.39, 0.29) is 60.9 Å². The van der Waals surface area contributed by atoms with Crippen LogP contribution in [0.3, 0.4) is 0 Å².